The van der Waals surface area contributed by atoms with Crippen LogP contribution < -0.4 is 9.47 Å². The van der Waals surface area contributed by atoms with Gasteiger partial charge in [-0.05, 0) is 22.6 Å². The number of methoxy groups -OCH3 is 2. The fraction of sp³-hybridized carbons (Fsp3) is 0.375. The zero-order valence-corrected chi connectivity index (χ0v) is 9.71. The Morgan fingerprint density at radius 2 is 2.00 bits per heavy atom. The first-order chi connectivity index (χ1) is 6.60. The molecule has 0 N–H and O–H groups in total. The van der Waals surface area contributed by atoms with Gasteiger partial charge < -0.3 is 9.47 Å². The van der Waals surface area contributed by atoms with Crippen LogP contribution >= 0.6 is 22.6 Å². The minimum absolute atomic E-state index is 0.153. The average molecular weight is 315 g/mol. The van der Waals surface area contributed by atoms with E-state index >= 15 is 0 Å². The molecule has 0 spiro atoms. The lowest BCUT2D eigenvalue weighted by Gasteiger charge is -2.09. The SMILES string of the molecule is COc1cc(C(F)F)nc(OC)c1I. The van der Waals surface area contributed by atoms with E-state index in [1.54, 1.807) is 0 Å². The Balaban J connectivity index is 3.25. The molecule has 0 atom stereocenters. The van der Waals surface area contributed by atoms with Crippen molar-refractivity contribution < 1.29 is 18.3 Å². The minimum Gasteiger partial charge on any atom is -0.495 e. The molecule has 1 rings (SSSR count). The molecule has 0 unspecified atom stereocenters. The van der Waals surface area contributed by atoms with Gasteiger partial charge in [0.2, 0.25) is 5.88 Å². The predicted octanol–water partition coefficient (Wildman–Crippen LogP) is 2.64. The van der Waals surface area contributed by atoms with Gasteiger partial charge in [-0.1, -0.05) is 0 Å². The summed E-state index contributed by atoms with van der Waals surface area (Å²) in [5.41, 5.74) is -0.348. The van der Waals surface area contributed by atoms with E-state index in [1.165, 1.54) is 20.3 Å². The normalized spacial score (nSPS) is 10.4. The topological polar surface area (TPSA) is 31.4 Å². The van der Waals surface area contributed by atoms with Crippen LogP contribution in [0.3, 0.4) is 0 Å². The molecule has 0 aliphatic rings. The fourth-order valence-corrected chi connectivity index (χ4v) is 1.61. The van der Waals surface area contributed by atoms with Gasteiger partial charge in [-0.3, -0.25) is 0 Å². The number of nitrogens with zero attached hydrogens (tertiary/aromatic N) is 1. The van der Waals surface area contributed by atoms with Crippen LogP contribution in [0.2, 0.25) is 0 Å². The Bertz CT molecular complexity index is 308. The van der Waals surface area contributed by atoms with Gasteiger partial charge in [0.05, 0.1) is 14.2 Å². The lowest BCUT2D eigenvalue weighted by molar-refractivity contribution is 0.144. The van der Waals surface area contributed by atoms with Crippen LogP contribution in [0.15, 0.2) is 6.07 Å². The van der Waals surface area contributed by atoms with E-state index < -0.39 is 6.43 Å². The standard InChI is InChI=1S/C8H8F2INO2/c1-13-5-3-4(7(9)10)12-8(14-2)6(5)11/h3,7H,1-2H3. The zero-order valence-electron chi connectivity index (χ0n) is 7.55. The number of hydrogen-bond donors (Lipinski definition) is 0. The highest BCUT2D eigenvalue weighted by Crippen LogP contribution is 2.32. The molecule has 0 aliphatic carbocycles. The molecule has 14 heavy (non-hydrogen) atoms. The summed E-state index contributed by atoms with van der Waals surface area (Å²) in [5.74, 6) is 0.494. The number of pyridine rings is 1. The van der Waals surface area contributed by atoms with Crippen molar-refractivity contribution in [1.29, 1.82) is 0 Å². The van der Waals surface area contributed by atoms with Crippen LogP contribution in [0.5, 0.6) is 11.6 Å². The fourth-order valence-electron chi connectivity index (χ4n) is 0.897. The molecule has 0 saturated carbocycles. The van der Waals surface area contributed by atoms with Crippen molar-refractivity contribution in [3.8, 4) is 11.6 Å². The maximum Gasteiger partial charge on any atom is 0.280 e. The molecule has 0 aromatic carbocycles. The van der Waals surface area contributed by atoms with Gasteiger partial charge in [-0.25, -0.2) is 13.8 Å². The lowest BCUT2D eigenvalue weighted by Crippen LogP contribution is -1.99. The Labute approximate surface area is 93.6 Å². The van der Waals surface area contributed by atoms with Crippen molar-refractivity contribution in [2.75, 3.05) is 14.2 Å². The van der Waals surface area contributed by atoms with E-state index in [9.17, 15) is 8.78 Å². The Kier molecular flexibility index (Phi) is 3.85. The van der Waals surface area contributed by atoms with Gasteiger partial charge in [0, 0.05) is 6.07 Å². The third kappa shape index (κ3) is 2.23. The quantitative estimate of drug-likeness (QED) is 0.804. The van der Waals surface area contributed by atoms with E-state index in [-0.39, 0.29) is 11.6 Å². The monoisotopic (exact) mass is 315 g/mol. The molecule has 0 saturated heterocycles. The van der Waals surface area contributed by atoms with Crippen LogP contribution in [0.1, 0.15) is 12.1 Å². The third-order valence-electron chi connectivity index (χ3n) is 1.55. The first kappa shape index (κ1) is 11.4. The number of alkyl halides is 2. The number of hydrogen-bond acceptors (Lipinski definition) is 3. The number of halogens is 3. The van der Waals surface area contributed by atoms with Crippen LogP contribution in [0.25, 0.3) is 0 Å². The van der Waals surface area contributed by atoms with Gasteiger partial charge in [0.25, 0.3) is 6.43 Å². The lowest BCUT2D eigenvalue weighted by atomic mass is 10.3. The maximum absolute atomic E-state index is 12.4. The average Bonchev–Trinajstić information content (AvgIpc) is 2.17. The summed E-state index contributed by atoms with van der Waals surface area (Å²) in [7, 11) is 2.78. The Hall–Kier alpha value is -0.660. The van der Waals surface area contributed by atoms with Crippen LogP contribution in [-0.2, 0) is 0 Å². The second-order valence-electron chi connectivity index (χ2n) is 2.37. The van der Waals surface area contributed by atoms with Gasteiger partial charge in [-0.15, -0.1) is 0 Å². The molecule has 3 nitrogen and oxygen atoms in total. The Morgan fingerprint density at radius 3 is 2.43 bits per heavy atom. The molecule has 1 aromatic rings. The highest BCUT2D eigenvalue weighted by Gasteiger charge is 2.16. The summed E-state index contributed by atoms with van der Waals surface area (Å²) in [6.07, 6.45) is -2.63. The number of aromatic nitrogens is 1. The van der Waals surface area contributed by atoms with Crippen molar-refractivity contribution in [2.24, 2.45) is 0 Å². The van der Waals surface area contributed by atoms with E-state index in [0.29, 0.717) is 9.32 Å². The first-order valence-corrected chi connectivity index (χ1v) is 4.74. The summed E-state index contributed by atoms with van der Waals surface area (Å²) in [5, 5.41) is 0. The van der Waals surface area contributed by atoms with Gasteiger partial charge in [0.1, 0.15) is 15.0 Å². The summed E-state index contributed by atoms with van der Waals surface area (Å²) < 4.78 is 35.1. The second-order valence-corrected chi connectivity index (χ2v) is 3.45. The molecule has 78 valence electrons. The number of ether oxygens (including phenoxy) is 2. The molecule has 1 heterocycles. The molecule has 6 heteroatoms. The maximum atomic E-state index is 12.4. The minimum atomic E-state index is -2.63. The van der Waals surface area contributed by atoms with Crippen molar-refractivity contribution in [3.63, 3.8) is 0 Å². The van der Waals surface area contributed by atoms with Crippen molar-refractivity contribution in [2.45, 2.75) is 6.43 Å². The van der Waals surface area contributed by atoms with E-state index in [2.05, 4.69) is 4.98 Å². The van der Waals surface area contributed by atoms with Crippen molar-refractivity contribution in [1.82, 2.24) is 4.98 Å². The summed E-state index contributed by atoms with van der Waals surface area (Å²) >= 11 is 1.92. The second kappa shape index (κ2) is 4.72. The Morgan fingerprint density at radius 1 is 1.36 bits per heavy atom. The van der Waals surface area contributed by atoms with Gasteiger partial charge in [-0.2, -0.15) is 0 Å². The first-order valence-electron chi connectivity index (χ1n) is 3.66. The van der Waals surface area contributed by atoms with Crippen molar-refractivity contribution >= 4 is 22.6 Å². The van der Waals surface area contributed by atoms with Crippen LogP contribution in [0, 0.1) is 3.57 Å². The molecule has 0 bridgehead atoms. The van der Waals surface area contributed by atoms with Crippen LogP contribution in [0.4, 0.5) is 8.78 Å². The van der Waals surface area contributed by atoms with E-state index in [0.717, 1.165) is 0 Å². The van der Waals surface area contributed by atoms with Crippen LogP contribution in [-0.4, -0.2) is 19.2 Å². The molecular formula is C8H8F2INO2. The third-order valence-corrected chi connectivity index (χ3v) is 2.54. The molecule has 1 aromatic heterocycles. The predicted molar refractivity (Wildman–Crippen MR) is 55.0 cm³/mol. The van der Waals surface area contributed by atoms with E-state index in [4.69, 9.17) is 9.47 Å². The van der Waals surface area contributed by atoms with Crippen molar-refractivity contribution in [3.05, 3.63) is 15.3 Å². The van der Waals surface area contributed by atoms with E-state index in [1.807, 2.05) is 22.6 Å². The molecule has 0 radical (unpaired) electrons. The molecule has 0 aliphatic heterocycles. The summed E-state index contributed by atoms with van der Waals surface area (Å²) in [6.45, 7) is 0. The van der Waals surface area contributed by atoms with Gasteiger partial charge in [0.15, 0.2) is 0 Å². The largest absolute Gasteiger partial charge is 0.495 e. The smallest absolute Gasteiger partial charge is 0.280 e. The highest BCUT2D eigenvalue weighted by molar-refractivity contribution is 14.1. The zero-order chi connectivity index (χ0) is 10.7. The summed E-state index contributed by atoms with van der Waals surface area (Å²) in [6, 6.07) is 1.20. The number of rotatable bonds is 3. The van der Waals surface area contributed by atoms with Gasteiger partial charge >= 0.3 is 0 Å². The molecule has 0 amide bonds. The molecule has 0 fully saturated rings. The highest BCUT2D eigenvalue weighted by atomic mass is 127. The molecular weight excluding hydrogens is 307 g/mol. The summed E-state index contributed by atoms with van der Waals surface area (Å²) in [4.78, 5) is 3.64.